The number of fused-ring (bicyclic) bond motifs is 1. The summed E-state index contributed by atoms with van der Waals surface area (Å²) in [6.45, 7) is 2.42. The van der Waals surface area contributed by atoms with Gasteiger partial charge < -0.3 is 21.1 Å². The quantitative estimate of drug-likeness (QED) is 0.799. The van der Waals surface area contributed by atoms with Gasteiger partial charge in [0, 0.05) is 18.2 Å². The Labute approximate surface area is 167 Å². The highest BCUT2D eigenvalue weighted by molar-refractivity contribution is 6.42. The zero-order valence-electron chi connectivity index (χ0n) is 14.9. The van der Waals surface area contributed by atoms with Gasteiger partial charge in [-0.05, 0) is 43.9 Å². The van der Waals surface area contributed by atoms with Gasteiger partial charge in [0.2, 0.25) is 5.95 Å². The van der Waals surface area contributed by atoms with E-state index in [-0.39, 0.29) is 18.1 Å². The van der Waals surface area contributed by atoms with Crippen LogP contribution < -0.4 is 11.5 Å². The van der Waals surface area contributed by atoms with Crippen LogP contribution in [0.2, 0.25) is 10.0 Å². The monoisotopic (exact) mass is 409 g/mol. The molecule has 1 amide bonds. The highest BCUT2D eigenvalue weighted by Gasteiger charge is 2.31. The molecule has 1 aromatic heterocycles. The molecule has 9 heteroatoms. The van der Waals surface area contributed by atoms with Gasteiger partial charge in [-0.1, -0.05) is 29.3 Å². The Morgan fingerprint density at radius 3 is 2.78 bits per heavy atom. The summed E-state index contributed by atoms with van der Waals surface area (Å²) in [6, 6.07) is 5.22. The van der Waals surface area contributed by atoms with Crippen molar-refractivity contribution in [2.45, 2.75) is 38.8 Å². The van der Waals surface area contributed by atoms with Crippen molar-refractivity contribution in [2.24, 2.45) is 0 Å². The molecule has 1 aromatic carbocycles. The summed E-state index contributed by atoms with van der Waals surface area (Å²) < 4.78 is 5.27. The number of aryl methyl sites for hydroxylation is 1. The molecule has 144 valence electrons. The molecule has 1 aliphatic carbocycles. The van der Waals surface area contributed by atoms with Crippen molar-refractivity contribution in [3.8, 4) is 0 Å². The summed E-state index contributed by atoms with van der Waals surface area (Å²) in [4.78, 5) is 22.6. The van der Waals surface area contributed by atoms with E-state index in [9.17, 15) is 4.79 Å². The molecule has 0 radical (unpaired) electrons. The summed E-state index contributed by atoms with van der Waals surface area (Å²) in [5.41, 5.74) is 14.3. The average molecular weight is 410 g/mol. The van der Waals surface area contributed by atoms with Crippen molar-refractivity contribution in [2.75, 3.05) is 18.1 Å². The molecule has 3 rings (SSSR count). The van der Waals surface area contributed by atoms with E-state index in [0.29, 0.717) is 41.9 Å². The van der Waals surface area contributed by atoms with Crippen LogP contribution >= 0.6 is 23.2 Å². The molecule has 7 nitrogen and oxygen atoms in total. The number of hydrogen-bond acceptors (Lipinski definition) is 6. The molecule has 0 spiro atoms. The number of amides is 1. The largest absolute Gasteiger partial charge is 0.450 e. The predicted octanol–water partition coefficient (Wildman–Crippen LogP) is 3.46. The Bertz CT molecular complexity index is 862. The maximum absolute atomic E-state index is 12.6. The summed E-state index contributed by atoms with van der Waals surface area (Å²) in [5.74, 6) is 0.531. The Morgan fingerprint density at radius 1 is 1.30 bits per heavy atom. The fraction of sp³-hybridized carbons (Fsp3) is 0.389. The van der Waals surface area contributed by atoms with Gasteiger partial charge in [-0.25, -0.2) is 9.78 Å². The van der Waals surface area contributed by atoms with Gasteiger partial charge in [-0.15, -0.1) is 0 Å². The first kappa shape index (κ1) is 19.5. The van der Waals surface area contributed by atoms with Crippen molar-refractivity contribution >= 4 is 41.1 Å². The Kier molecular flexibility index (Phi) is 5.92. The predicted molar refractivity (Wildman–Crippen MR) is 106 cm³/mol. The fourth-order valence-corrected chi connectivity index (χ4v) is 3.61. The number of nitrogen functional groups attached to an aromatic ring is 2. The van der Waals surface area contributed by atoms with Gasteiger partial charge in [0.15, 0.2) is 0 Å². The number of ether oxygens (including phenoxy) is 1. The van der Waals surface area contributed by atoms with Crippen LogP contribution in [0.25, 0.3) is 0 Å². The van der Waals surface area contributed by atoms with E-state index >= 15 is 0 Å². The molecule has 1 atom stereocenters. The Morgan fingerprint density at radius 2 is 2.07 bits per heavy atom. The summed E-state index contributed by atoms with van der Waals surface area (Å²) in [6.07, 6.45) is 1.55. The maximum atomic E-state index is 12.6. The normalized spacial score (nSPS) is 15.9. The fourth-order valence-electron chi connectivity index (χ4n) is 3.29. The van der Waals surface area contributed by atoms with E-state index in [1.165, 1.54) is 0 Å². The molecular formula is C18H21Cl2N5O2. The molecule has 0 saturated heterocycles. The molecule has 0 aliphatic heterocycles. The number of nitrogens with two attached hydrogens (primary N) is 2. The lowest BCUT2D eigenvalue weighted by Crippen LogP contribution is -2.43. The summed E-state index contributed by atoms with van der Waals surface area (Å²) in [5, 5.41) is 0.914. The number of hydrogen-bond donors (Lipinski definition) is 2. The van der Waals surface area contributed by atoms with Crippen LogP contribution in [0.1, 0.15) is 30.2 Å². The van der Waals surface area contributed by atoms with Gasteiger partial charge in [0.1, 0.15) is 5.82 Å². The van der Waals surface area contributed by atoms with Crippen LogP contribution in [-0.2, 0) is 24.1 Å². The van der Waals surface area contributed by atoms with Gasteiger partial charge >= 0.3 is 6.09 Å². The minimum absolute atomic E-state index is 0.0967. The minimum atomic E-state index is -0.382. The first-order chi connectivity index (χ1) is 12.9. The van der Waals surface area contributed by atoms with Crippen molar-refractivity contribution in [3.05, 3.63) is 45.1 Å². The zero-order valence-corrected chi connectivity index (χ0v) is 16.4. The van der Waals surface area contributed by atoms with Crippen molar-refractivity contribution in [3.63, 3.8) is 0 Å². The Hall–Kier alpha value is -2.25. The number of carbonyl (C=O) groups excluding carboxylic acids is 1. The van der Waals surface area contributed by atoms with Crippen LogP contribution in [0.15, 0.2) is 18.2 Å². The summed E-state index contributed by atoms with van der Waals surface area (Å²) in [7, 11) is 0. The number of halogens is 2. The molecule has 1 heterocycles. The molecular weight excluding hydrogens is 389 g/mol. The SMILES string of the molecule is CCOC(=O)N(Cc1ccc(Cl)c(Cl)c1)C1CCc2nc(N)nc(N)c2C1. The molecule has 1 unspecified atom stereocenters. The first-order valence-corrected chi connectivity index (χ1v) is 9.42. The lowest BCUT2D eigenvalue weighted by Gasteiger charge is -2.34. The van der Waals surface area contributed by atoms with E-state index in [1.54, 1.807) is 24.0 Å². The highest BCUT2D eigenvalue weighted by atomic mass is 35.5. The molecule has 2 aromatic rings. The molecule has 0 bridgehead atoms. The number of carbonyl (C=O) groups is 1. The third kappa shape index (κ3) is 4.36. The van der Waals surface area contributed by atoms with E-state index < -0.39 is 0 Å². The second kappa shape index (κ2) is 8.19. The number of benzene rings is 1. The smallest absolute Gasteiger partial charge is 0.410 e. The third-order valence-electron chi connectivity index (χ3n) is 4.58. The number of rotatable bonds is 4. The second-order valence-corrected chi connectivity index (χ2v) is 7.18. The van der Waals surface area contributed by atoms with Crippen LogP contribution in [-0.4, -0.2) is 33.6 Å². The molecule has 0 fully saturated rings. The van der Waals surface area contributed by atoms with Crippen molar-refractivity contribution in [1.29, 1.82) is 0 Å². The second-order valence-electron chi connectivity index (χ2n) is 6.36. The number of nitrogens with zero attached hydrogens (tertiary/aromatic N) is 3. The van der Waals surface area contributed by atoms with E-state index in [2.05, 4.69) is 9.97 Å². The van der Waals surface area contributed by atoms with Crippen LogP contribution in [0.4, 0.5) is 16.6 Å². The topological polar surface area (TPSA) is 107 Å². The van der Waals surface area contributed by atoms with Crippen LogP contribution in [0, 0.1) is 0 Å². The third-order valence-corrected chi connectivity index (χ3v) is 5.32. The lowest BCUT2D eigenvalue weighted by atomic mass is 9.91. The van der Waals surface area contributed by atoms with Crippen LogP contribution in [0.5, 0.6) is 0 Å². The Balaban J connectivity index is 1.87. The molecule has 4 N–H and O–H groups in total. The first-order valence-electron chi connectivity index (χ1n) is 8.67. The van der Waals surface area contributed by atoms with E-state index in [1.807, 2.05) is 6.07 Å². The van der Waals surface area contributed by atoms with Crippen molar-refractivity contribution in [1.82, 2.24) is 14.9 Å². The standard InChI is InChI=1S/C18H21Cl2N5O2/c1-2-27-18(26)25(9-10-3-5-13(19)14(20)7-10)11-4-6-15-12(8-11)16(21)24-17(22)23-15/h3,5,7,11H,2,4,6,8-9H2,1H3,(H4,21,22,23,24). The van der Waals surface area contributed by atoms with Gasteiger partial charge in [-0.2, -0.15) is 4.98 Å². The van der Waals surface area contributed by atoms with E-state index in [4.69, 9.17) is 39.4 Å². The van der Waals surface area contributed by atoms with Gasteiger partial charge in [0.05, 0.1) is 22.3 Å². The maximum Gasteiger partial charge on any atom is 0.410 e. The number of aromatic nitrogens is 2. The summed E-state index contributed by atoms with van der Waals surface area (Å²) >= 11 is 12.1. The zero-order chi connectivity index (χ0) is 19.6. The lowest BCUT2D eigenvalue weighted by molar-refractivity contribution is 0.0829. The van der Waals surface area contributed by atoms with Gasteiger partial charge in [-0.3, -0.25) is 0 Å². The van der Waals surface area contributed by atoms with Crippen molar-refractivity contribution < 1.29 is 9.53 Å². The number of anilines is 2. The molecule has 0 saturated carbocycles. The van der Waals surface area contributed by atoms with Crippen LogP contribution in [0.3, 0.4) is 0 Å². The highest BCUT2D eigenvalue weighted by Crippen LogP contribution is 2.29. The molecule has 1 aliphatic rings. The van der Waals surface area contributed by atoms with E-state index in [0.717, 1.165) is 23.2 Å². The van der Waals surface area contributed by atoms with Gasteiger partial charge in [0.25, 0.3) is 0 Å². The minimum Gasteiger partial charge on any atom is -0.450 e. The average Bonchev–Trinajstić information content (AvgIpc) is 2.62. The molecule has 27 heavy (non-hydrogen) atoms.